The summed E-state index contributed by atoms with van der Waals surface area (Å²) in [6.45, 7) is 0.989. The second kappa shape index (κ2) is 9.34. The zero-order chi connectivity index (χ0) is 21.7. The Bertz CT molecular complexity index is 735. The van der Waals surface area contributed by atoms with Crippen molar-refractivity contribution in [1.29, 1.82) is 0 Å². The molecule has 2 rings (SSSR count). The SMILES string of the molecule is CCOC(=O)C(O)(c1ccc(NC(=O)NC2CCCCC2)c(OC)c1)C(F)(F)F. The number of alkyl halides is 3. The predicted octanol–water partition coefficient (Wildman–Crippen LogP) is 3.46. The number of halogens is 3. The monoisotopic (exact) mass is 418 g/mol. The molecule has 0 aliphatic heterocycles. The van der Waals surface area contributed by atoms with Crippen LogP contribution in [0.2, 0.25) is 0 Å². The Morgan fingerprint density at radius 1 is 1.21 bits per heavy atom. The van der Waals surface area contributed by atoms with Gasteiger partial charge in [-0.05, 0) is 31.9 Å². The minimum atomic E-state index is -5.32. The number of nitrogens with one attached hydrogen (secondary N) is 2. The van der Waals surface area contributed by atoms with E-state index in [4.69, 9.17) is 4.74 Å². The maximum absolute atomic E-state index is 13.5. The van der Waals surface area contributed by atoms with Crippen LogP contribution in [0.25, 0.3) is 0 Å². The van der Waals surface area contributed by atoms with E-state index in [-0.39, 0.29) is 24.1 Å². The van der Waals surface area contributed by atoms with Crippen molar-refractivity contribution in [2.24, 2.45) is 0 Å². The Kier molecular flexibility index (Phi) is 7.34. The highest BCUT2D eigenvalue weighted by Gasteiger charge is 2.62. The molecule has 1 aromatic carbocycles. The molecule has 1 fully saturated rings. The number of urea groups is 1. The van der Waals surface area contributed by atoms with Gasteiger partial charge in [-0.25, -0.2) is 9.59 Å². The molecule has 1 aromatic rings. The number of amides is 2. The fourth-order valence-corrected chi connectivity index (χ4v) is 3.24. The Balaban J connectivity index is 2.26. The highest BCUT2D eigenvalue weighted by Crippen LogP contribution is 2.42. The van der Waals surface area contributed by atoms with E-state index in [0.717, 1.165) is 50.3 Å². The summed E-state index contributed by atoms with van der Waals surface area (Å²) in [4.78, 5) is 24.1. The van der Waals surface area contributed by atoms with E-state index in [9.17, 15) is 27.9 Å². The van der Waals surface area contributed by atoms with E-state index in [1.54, 1.807) is 0 Å². The fraction of sp³-hybridized carbons (Fsp3) is 0.579. The van der Waals surface area contributed by atoms with Crippen LogP contribution in [0.1, 0.15) is 44.6 Å². The Morgan fingerprint density at radius 2 is 1.86 bits per heavy atom. The van der Waals surface area contributed by atoms with Crippen LogP contribution >= 0.6 is 0 Å². The normalized spacial score (nSPS) is 17.2. The lowest BCUT2D eigenvalue weighted by Gasteiger charge is -2.29. The van der Waals surface area contributed by atoms with Crippen molar-refractivity contribution in [2.75, 3.05) is 19.0 Å². The first-order valence-electron chi connectivity index (χ1n) is 9.35. The number of benzene rings is 1. The smallest absolute Gasteiger partial charge is 0.432 e. The fourth-order valence-electron chi connectivity index (χ4n) is 3.24. The maximum atomic E-state index is 13.5. The number of carbonyl (C=O) groups excluding carboxylic acids is 2. The molecular formula is C19H25F3N2O5. The van der Waals surface area contributed by atoms with E-state index < -0.39 is 29.3 Å². The zero-order valence-electron chi connectivity index (χ0n) is 16.3. The third-order valence-electron chi connectivity index (χ3n) is 4.79. The Morgan fingerprint density at radius 3 is 2.41 bits per heavy atom. The van der Waals surface area contributed by atoms with E-state index >= 15 is 0 Å². The summed E-state index contributed by atoms with van der Waals surface area (Å²) < 4.78 is 50.0. The highest BCUT2D eigenvalue weighted by molar-refractivity contribution is 5.91. The van der Waals surface area contributed by atoms with Gasteiger partial charge in [-0.15, -0.1) is 0 Å². The average Bonchev–Trinajstić information content (AvgIpc) is 2.67. The van der Waals surface area contributed by atoms with Crippen molar-refractivity contribution in [3.8, 4) is 5.75 Å². The molecule has 29 heavy (non-hydrogen) atoms. The van der Waals surface area contributed by atoms with Crippen LogP contribution in [0.3, 0.4) is 0 Å². The summed E-state index contributed by atoms with van der Waals surface area (Å²) in [6.07, 6.45) is -0.432. The van der Waals surface area contributed by atoms with E-state index in [2.05, 4.69) is 15.4 Å². The molecular weight excluding hydrogens is 393 g/mol. The van der Waals surface area contributed by atoms with Crippen LogP contribution in [-0.2, 0) is 15.1 Å². The zero-order valence-corrected chi connectivity index (χ0v) is 16.3. The molecule has 7 nitrogen and oxygen atoms in total. The average molecular weight is 418 g/mol. The summed E-state index contributed by atoms with van der Waals surface area (Å²) in [5.74, 6) is -1.99. The first-order valence-corrected chi connectivity index (χ1v) is 9.35. The molecule has 0 spiro atoms. The van der Waals surface area contributed by atoms with Gasteiger partial charge in [0.15, 0.2) is 0 Å². The highest BCUT2D eigenvalue weighted by atomic mass is 19.4. The number of anilines is 1. The van der Waals surface area contributed by atoms with Gasteiger partial charge >= 0.3 is 18.2 Å². The van der Waals surface area contributed by atoms with E-state index in [0.29, 0.717) is 0 Å². The second-order valence-corrected chi connectivity index (χ2v) is 6.78. The minimum Gasteiger partial charge on any atom is -0.495 e. The van der Waals surface area contributed by atoms with Crippen LogP contribution < -0.4 is 15.4 Å². The molecule has 1 aliphatic rings. The number of methoxy groups -OCH3 is 1. The van der Waals surface area contributed by atoms with Gasteiger partial charge in [0.1, 0.15) is 5.75 Å². The number of ether oxygens (including phenoxy) is 2. The third-order valence-corrected chi connectivity index (χ3v) is 4.79. The number of esters is 1. The number of rotatable bonds is 6. The molecule has 1 unspecified atom stereocenters. The van der Waals surface area contributed by atoms with Crippen LogP contribution in [0.4, 0.5) is 23.7 Å². The molecule has 0 saturated heterocycles. The van der Waals surface area contributed by atoms with Crippen LogP contribution in [-0.4, -0.2) is 43.0 Å². The van der Waals surface area contributed by atoms with Gasteiger partial charge in [0.2, 0.25) is 0 Å². The molecule has 0 aromatic heterocycles. The number of carbonyl (C=O) groups is 2. The molecule has 0 bridgehead atoms. The molecule has 1 saturated carbocycles. The van der Waals surface area contributed by atoms with Gasteiger partial charge < -0.3 is 25.2 Å². The van der Waals surface area contributed by atoms with E-state index in [1.165, 1.54) is 14.0 Å². The molecule has 3 N–H and O–H groups in total. The van der Waals surface area contributed by atoms with Crippen molar-refractivity contribution in [2.45, 2.75) is 56.8 Å². The van der Waals surface area contributed by atoms with E-state index in [1.807, 2.05) is 0 Å². The molecule has 10 heteroatoms. The van der Waals surface area contributed by atoms with Gasteiger partial charge in [-0.2, -0.15) is 13.2 Å². The third kappa shape index (κ3) is 5.11. The molecule has 1 aliphatic carbocycles. The van der Waals surface area contributed by atoms with Crippen molar-refractivity contribution in [1.82, 2.24) is 5.32 Å². The first-order chi connectivity index (χ1) is 13.6. The minimum absolute atomic E-state index is 0.0353. The lowest BCUT2D eigenvalue weighted by atomic mass is 9.92. The molecule has 0 radical (unpaired) electrons. The molecule has 0 heterocycles. The number of aliphatic hydroxyl groups is 1. The Labute approximate surface area is 166 Å². The van der Waals surface area contributed by atoms with Gasteiger partial charge in [-0.3, -0.25) is 0 Å². The largest absolute Gasteiger partial charge is 0.495 e. The Hall–Kier alpha value is -2.49. The van der Waals surface area contributed by atoms with Gasteiger partial charge in [0, 0.05) is 11.6 Å². The van der Waals surface area contributed by atoms with Crippen LogP contribution in [0, 0.1) is 0 Å². The summed E-state index contributed by atoms with van der Waals surface area (Å²) >= 11 is 0. The second-order valence-electron chi connectivity index (χ2n) is 6.78. The molecule has 1 atom stereocenters. The van der Waals surface area contributed by atoms with Crippen molar-refractivity contribution in [3.63, 3.8) is 0 Å². The summed E-state index contributed by atoms with van der Waals surface area (Å²) in [7, 11) is 1.19. The predicted molar refractivity (Wildman–Crippen MR) is 98.6 cm³/mol. The van der Waals surface area contributed by atoms with Crippen molar-refractivity contribution in [3.05, 3.63) is 23.8 Å². The lowest BCUT2D eigenvalue weighted by Crippen LogP contribution is -2.50. The van der Waals surface area contributed by atoms with Crippen molar-refractivity contribution < 1.29 is 37.3 Å². The van der Waals surface area contributed by atoms with Crippen LogP contribution in [0.5, 0.6) is 5.75 Å². The number of hydrogen-bond donors (Lipinski definition) is 3. The lowest BCUT2D eigenvalue weighted by molar-refractivity contribution is -0.267. The molecule has 162 valence electrons. The van der Waals surface area contributed by atoms with Crippen molar-refractivity contribution >= 4 is 17.7 Å². The molecule has 2 amide bonds. The number of hydrogen-bond acceptors (Lipinski definition) is 5. The van der Waals surface area contributed by atoms with Gasteiger partial charge in [0.25, 0.3) is 5.60 Å². The van der Waals surface area contributed by atoms with Gasteiger partial charge in [0.05, 0.1) is 19.4 Å². The van der Waals surface area contributed by atoms with Crippen LogP contribution in [0.15, 0.2) is 18.2 Å². The quantitative estimate of drug-likeness (QED) is 0.615. The topological polar surface area (TPSA) is 96.9 Å². The maximum Gasteiger partial charge on any atom is 0.432 e. The summed E-state index contributed by atoms with van der Waals surface area (Å²) in [5, 5.41) is 15.5. The summed E-state index contributed by atoms with van der Waals surface area (Å²) in [6, 6.07) is 2.39. The van der Waals surface area contributed by atoms with Gasteiger partial charge in [-0.1, -0.05) is 25.3 Å². The standard InChI is InChI=1S/C19H25F3N2O5/c1-3-29-16(25)18(27,19(20,21)22)12-9-10-14(15(11-12)28-2)24-17(26)23-13-7-5-4-6-8-13/h9-11,13,27H,3-8H2,1-2H3,(H2,23,24,26). The summed E-state index contributed by atoms with van der Waals surface area (Å²) in [5.41, 5.74) is -4.55. The first kappa shape index (κ1) is 22.8.